The molecule has 18 heavy (non-hydrogen) atoms. The second-order valence-corrected chi connectivity index (χ2v) is 6.47. The second kappa shape index (κ2) is 5.57. The molecule has 2 atom stereocenters. The van der Waals surface area contributed by atoms with Crippen LogP contribution in [0.25, 0.3) is 0 Å². The van der Waals surface area contributed by atoms with Gasteiger partial charge in [0.15, 0.2) is 0 Å². The lowest BCUT2D eigenvalue weighted by molar-refractivity contribution is -0.123. The summed E-state index contributed by atoms with van der Waals surface area (Å²) in [4.78, 5) is 14.2. The lowest BCUT2D eigenvalue weighted by Gasteiger charge is -2.34. The van der Waals surface area contributed by atoms with Gasteiger partial charge in [-0.15, -0.1) is 0 Å². The van der Waals surface area contributed by atoms with Gasteiger partial charge >= 0.3 is 0 Å². The van der Waals surface area contributed by atoms with Gasteiger partial charge in [-0.1, -0.05) is 13.8 Å². The first kappa shape index (κ1) is 13.8. The van der Waals surface area contributed by atoms with E-state index in [2.05, 4.69) is 24.1 Å². The van der Waals surface area contributed by atoms with Gasteiger partial charge in [0.05, 0.1) is 5.54 Å². The number of hydrogen-bond acceptors (Lipinski definition) is 3. The molecule has 3 N–H and O–H groups in total. The molecular weight excluding hydrogens is 226 g/mol. The molecule has 1 aliphatic carbocycles. The van der Waals surface area contributed by atoms with Crippen molar-refractivity contribution in [1.29, 1.82) is 0 Å². The fraction of sp³-hybridized carbons (Fsp3) is 0.929. The largest absolute Gasteiger partial charge is 0.354 e. The summed E-state index contributed by atoms with van der Waals surface area (Å²) in [6, 6.07) is 0. The third-order valence-electron chi connectivity index (χ3n) is 4.12. The molecule has 2 aliphatic rings. The maximum absolute atomic E-state index is 11.6. The van der Waals surface area contributed by atoms with Crippen LogP contribution < -0.4 is 11.1 Å². The molecule has 1 aliphatic heterocycles. The number of carbonyl (C=O) groups excluding carboxylic acids is 1. The van der Waals surface area contributed by atoms with Gasteiger partial charge in [0.2, 0.25) is 5.91 Å². The van der Waals surface area contributed by atoms with E-state index in [0.717, 1.165) is 44.2 Å². The summed E-state index contributed by atoms with van der Waals surface area (Å²) in [6.07, 6.45) is 4.07. The van der Waals surface area contributed by atoms with E-state index in [4.69, 9.17) is 5.73 Å². The number of piperidine rings is 1. The predicted octanol–water partition coefficient (Wildman–Crippen LogP) is 0.962. The molecule has 104 valence electrons. The van der Waals surface area contributed by atoms with E-state index in [-0.39, 0.29) is 5.91 Å². The monoisotopic (exact) mass is 253 g/mol. The van der Waals surface area contributed by atoms with Crippen LogP contribution >= 0.6 is 0 Å². The van der Waals surface area contributed by atoms with Crippen LogP contribution in [0.3, 0.4) is 0 Å². The van der Waals surface area contributed by atoms with E-state index in [0.29, 0.717) is 0 Å². The fourth-order valence-electron chi connectivity index (χ4n) is 3.02. The van der Waals surface area contributed by atoms with Gasteiger partial charge in [-0.2, -0.15) is 0 Å². The highest BCUT2D eigenvalue weighted by Crippen LogP contribution is 2.32. The van der Waals surface area contributed by atoms with Gasteiger partial charge < -0.3 is 16.0 Å². The second-order valence-electron chi connectivity index (χ2n) is 6.47. The average molecular weight is 253 g/mol. The highest BCUT2D eigenvalue weighted by atomic mass is 16.2. The Morgan fingerprint density at radius 1 is 1.33 bits per heavy atom. The molecule has 0 bridgehead atoms. The minimum Gasteiger partial charge on any atom is -0.354 e. The number of carbonyl (C=O) groups is 1. The average Bonchev–Trinajstić information content (AvgIpc) is 3.02. The summed E-state index contributed by atoms with van der Waals surface area (Å²) in [5, 5.41) is 2.96. The third kappa shape index (κ3) is 3.69. The standard InChI is InChI=1S/C14H27N3O/c1-11-8-12(2)10-17(9-11)7-3-6-16-13(18)14(15)4-5-14/h11-12H,3-10,15H2,1-2H3,(H,16,18). The van der Waals surface area contributed by atoms with Crippen molar-refractivity contribution in [2.45, 2.75) is 45.1 Å². The molecule has 4 nitrogen and oxygen atoms in total. The van der Waals surface area contributed by atoms with Gasteiger partial charge in [0.1, 0.15) is 0 Å². The van der Waals surface area contributed by atoms with Gasteiger partial charge in [-0.05, 0) is 44.1 Å². The molecule has 2 rings (SSSR count). The molecule has 1 amide bonds. The van der Waals surface area contributed by atoms with Crippen LogP contribution in [0.4, 0.5) is 0 Å². The molecule has 2 fully saturated rings. The van der Waals surface area contributed by atoms with E-state index in [9.17, 15) is 4.79 Å². The highest BCUT2D eigenvalue weighted by molar-refractivity contribution is 5.88. The first-order valence-electron chi connectivity index (χ1n) is 7.29. The van der Waals surface area contributed by atoms with Gasteiger partial charge in [-0.3, -0.25) is 4.79 Å². The Bertz CT molecular complexity index is 291. The molecule has 0 aromatic rings. The van der Waals surface area contributed by atoms with E-state index in [1.165, 1.54) is 19.5 Å². The van der Waals surface area contributed by atoms with Crippen LogP contribution in [0, 0.1) is 11.8 Å². The smallest absolute Gasteiger partial charge is 0.240 e. The Balaban J connectivity index is 1.59. The van der Waals surface area contributed by atoms with E-state index in [1.54, 1.807) is 0 Å². The zero-order valence-corrected chi connectivity index (χ0v) is 11.7. The van der Waals surface area contributed by atoms with Crippen molar-refractivity contribution in [3.8, 4) is 0 Å². The minimum absolute atomic E-state index is 0.0443. The van der Waals surface area contributed by atoms with Crippen LogP contribution in [-0.2, 0) is 4.79 Å². The number of nitrogens with one attached hydrogen (secondary N) is 1. The molecule has 2 unspecified atom stereocenters. The molecule has 0 spiro atoms. The summed E-state index contributed by atoms with van der Waals surface area (Å²) >= 11 is 0. The van der Waals surface area contributed by atoms with Crippen LogP contribution in [-0.4, -0.2) is 42.5 Å². The van der Waals surface area contributed by atoms with Crippen molar-refractivity contribution in [2.75, 3.05) is 26.2 Å². The molecule has 1 saturated heterocycles. The minimum atomic E-state index is -0.520. The van der Waals surface area contributed by atoms with Crippen molar-refractivity contribution in [3.05, 3.63) is 0 Å². The number of amides is 1. The normalized spacial score (nSPS) is 31.1. The summed E-state index contributed by atoms with van der Waals surface area (Å²) in [5.41, 5.74) is 5.31. The first-order valence-corrected chi connectivity index (χ1v) is 7.29. The van der Waals surface area contributed by atoms with Crippen molar-refractivity contribution in [1.82, 2.24) is 10.2 Å². The maximum atomic E-state index is 11.6. The fourth-order valence-corrected chi connectivity index (χ4v) is 3.02. The summed E-state index contributed by atoms with van der Waals surface area (Å²) < 4.78 is 0. The number of likely N-dealkylation sites (tertiary alicyclic amines) is 1. The van der Waals surface area contributed by atoms with E-state index in [1.807, 2.05) is 0 Å². The number of nitrogens with zero attached hydrogens (tertiary/aromatic N) is 1. The van der Waals surface area contributed by atoms with Crippen LogP contribution in [0.15, 0.2) is 0 Å². The molecule has 0 radical (unpaired) electrons. The van der Waals surface area contributed by atoms with Crippen molar-refractivity contribution in [2.24, 2.45) is 17.6 Å². The number of hydrogen-bond donors (Lipinski definition) is 2. The highest BCUT2D eigenvalue weighted by Gasteiger charge is 2.45. The van der Waals surface area contributed by atoms with Crippen LogP contribution in [0.1, 0.15) is 39.5 Å². The lowest BCUT2D eigenvalue weighted by Crippen LogP contribution is -2.44. The Hall–Kier alpha value is -0.610. The Labute approximate surface area is 110 Å². The zero-order valence-electron chi connectivity index (χ0n) is 11.7. The van der Waals surface area contributed by atoms with Gasteiger partial charge in [0, 0.05) is 19.6 Å². The quantitative estimate of drug-likeness (QED) is 0.718. The third-order valence-corrected chi connectivity index (χ3v) is 4.12. The topological polar surface area (TPSA) is 58.4 Å². The molecule has 1 saturated carbocycles. The van der Waals surface area contributed by atoms with Crippen LogP contribution in [0.2, 0.25) is 0 Å². The number of rotatable bonds is 5. The zero-order chi connectivity index (χ0) is 13.2. The number of nitrogens with two attached hydrogens (primary N) is 1. The van der Waals surface area contributed by atoms with Gasteiger partial charge in [0.25, 0.3) is 0 Å². The SMILES string of the molecule is CC1CC(C)CN(CCCNC(=O)C2(N)CC2)C1. The molecule has 0 aromatic heterocycles. The summed E-state index contributed by atoms with van der Waals surface area (Å²) in [7, 11) is 0. The van der Waals surface area contributed by atoms with E-state index < -0.39 is 5.54 Å². The Morgan fingerprint density at radius 2 is 1.94 bits per heavy atom. The first-order chi connectivity index (χ1) is 8.49. The van der Waals surface area contributed by atoms with Crippen molar-refractivity contribution in [3.63, 3.8) is 0 Å². The molecule has 4 heteroatoms. The van der Waals surface area contributed by atoms with Crippen molar-refractivity contribution >= 4 is 5.91 Å². The summed E-state index contributed by atoms with van der Waals surface area (Å²) in [6.45, 7) is 8.92. The van der Waals surface area contributed by atoms with Crippen molar-refractivity contribution < 1.29 is 4.79 Å². The summed E-state index contributed by atoms with van der Waals surface area (Å²) in [5.74, 6) is 1.66. The molecule has 0 aromatic carbocycles. The van der Waals surface area contributed by atoms with Gasteiger partial charge in [-0.25, -0.2) is 0 Å². The lowest BCUT2D eigenvalue weighted by atomic mass is 9.92. The predicted molar refractivity (Wildman–Crippen MR) is 73.2 cm³/mol. The molecular formula is C14H27N3O. The Kier molecular flexibility index (Phi) is 4.28. The van der Waals surface area contributed by atoms with E-state index >= 15 is 0 Å². The maximum Gasteiger partial charge on any atom is 0.240 e. The Morgan fingerprint density at radius 3 is 2.50 bits per heavy atom. The van der Waals surface area contributed by atoms with Crippen LogP contribution in [0.5, 0.6) is 0 Å². The molecule has 1 heterocycles.